The molecule has 216 valence electrons. The van der Waals surface area contributed by atoms with Gasteiger partial charge in [0.05, 0.1) is 0 Å². The highest BCUT2D eigenvalue weighted by Gasteiger charge is 2.59. The summed E-state index contributed by atoms with van der Waals surface area (Å²) in [6.45, 7) is 0. The van der Waals surface area contributed by atoms with E-state index < -0.39 is 83.6 Å². The maximum atomic E-state index is 11.3. The lowest BCUT2D eigenvalue weighted by atomic mass is 9.85. The fraction of sp³-hybridized carbons (Fsp3) is 1.00. The van der Waals surface area contributed by atoms with Crippen molar-refractivity contribution in [3.63, 3.8) is 0 Å². The lowest BCUT2D eigenvalue weighted by molar-refractivity contribution is -0.296. The van der Waals surface area contributed by atoms with Crippen molar-refractivity contribution in [2.75, 3.05) is 0 Å². The Balaban J connectivity index is 4.04. The summed E-state index contributed by atoms with van der Waals surface area (Å²) in [5.74, 6) is 0. The van der Waals surface area contributed by atoms with Gasteiger partial charge in [-0.25, -0.2) is 0 Å². The Hall–Kier alpha value is 0.660. The van der Waals surface area contributed by atoms with Crippen LogP contribution in [0.3, 0.4) is 0 Å². The SMILES string of the molecule is O=P([O-])(O)OC1C(OP(=O)([O-])O)C(OP(=O)([O-])O)C(OP(=O)([O-])O)C(OP(=O)([O-])O)C1OP(=O)([O-])O. The first kappa shape index (κ1) is 34.7. The lowest BCUT2D eigenvalue weighted by Gasteiger charge is -2.52. The lowest BCUT2D eigenvalue weighted by Crippen LogP contribution is -2.67. The van der Waals surface area contributed by atoms with E-state index in [1.807, 2.05) is 0 Å². The standard InChI is InChI=1S/C6H18O24P6/c7-31(8,9)25-1-2(26-32(10,11)12)4(28-34(16,17)18)6(30-36(22,23)24)5(29-35(19,20)21)3(1)27-33(13,14)15/h1-6H,(H2,7,8,9)(H2,10,11,12)(H2,13,14,15)(H2,16,17,18)(H2,19,20,21)(H2,22,23,24)/p-6. The molecule has 0 aliphatic heterocycles. The molecule has 6 unspecified atom stereocenters. The molecule has 0 bridgehead atoms. The van der Waals surface area contributed by atoms with Crippen LogP contribution in [0.15, 0.2) is 0 Å². The Kier molecular flexibility index (Phi) is 11.2. The van der Waals surface area contributed by atoms with E-state index in [1.165, 1.54) is 0 Å². The minimum absolute atomic E-state index is 3.36. The zero-order valence-corrected chi connectivity index (χ0v) is 21.5. The molecule has 0 amide bonds. The molecule has 6 atom stereocenters. The van der Waals surface area contributed by atoms with Crippen LogP contribution in [-0.4, -0.2) is 66.0 Å². The molecule has 0 aromatic rings. The molecule has 0 aromatic carbocycles. The second kappa shape index (κ2) is 11.6. The van der Waals surface area contributed by atoms with Crippen LogP contribution in [0.2, 0.25) is 0 Å². The number of phosphoric ester groups is 6. The van der Waals surface area contributed by atoms with Gasteiger partial charge in [0.1, 0.15) is 36.6 Å². The van der Waals surface area contributed by atoms with E-state index in [1.54, 1.807) is 0 Å². The van der Waals surface area contributed by atoms with Gasteiger partial charge in [-0.15, -0.1) is 0 Å². The highest BCUT2D eigenvalue weighted by Crippen LogP contribution is 2.54. The van der Waals surface area contributed by atoms with E-state index in [9.17, 15) is 56.8 Å². The smallest absolute Gasteiger partial charge is 0.265 e. The van der Waals surface area contributed by atoms with E-state index in [0.29, 0.717) is 0 Å². The van der Waals surface area contributed by atoms with Gasteiger partial charge in [-0.05, 0) is 0 Å². The maximum absolute atomic E-state index is 11.3. The van der Waals surface area contributed by atoms with E-state index in [0.717, 1.165) is 0 Å². The Morgan fingerprint density at radius 2 is 0.417 bits per heavy atom. The molecule has 0 heterocycles. The summed E-state index contributed by atoms with van der Waals surface area (Å²) in [5.41, 5.74) is 0. The van der Waals surface area contributed by atoms with Crippen molar-refractivity contribution in [1.29, 1.82) is 0 Å². The summed E-state index contributed by atoms with van der Waals surface area (Å²) in [7, 11) is -38.1. The Morgan fingerprint density at radius 3 is 0.472 bits per heavy atom. The first-order valence-corrected chi connectivity index (χ1v) is 16.9. The second-order valence-corrected chi connectivity index (χ2v) is 13.1. The van der Waals surface area contributed by atoms with Gasteiger partial charge in [0.25, 0.3) is 46.9 Å². The maximum Gasteiger partial charge on any atom is 0.265 e. The van der Waals surface area contributed by atoms with Crippen molar-refractivity contribution < 1.29 is 113 Å². The number of hydrogen-bond donors (Lipinski definition) is 6. The van der Waals surface area contributed by atoms with Gasteiger partial charge in [-0.3, -0.25) is 27.4 Å². The molecule has 1 aliphatic rings. The summed E-state index contributed by atoms with van der Waals surface area (Å²) < 4.78 is 90.7. The zero-order valence-electron chi connectivity index (χ0n) is 16.2. The first-order chi connectivity index (χ1) is 15.6. The van der Waals surface area contributed by atoms with Crippen LogP contribution in [-0.2, 0) is 54.5 Å². The minimum atomic E-state index is -6.35. The van der Waals surface area contributed by atoms with Crippen LogP contribution in [0.25, 0.3) is 0 Å². The van der Waals surface area contributed by atoms with Crippen molar-refractivity contribution in [1.82, 2.24) is 0 Å². The third-order valence-electron chi connectivity index (χ3n) is 3.47. The fourth-order valence-electron chi connectivity index (χ4n) is 2.76. The average Bonchev–Trinajstić information content (AvgIpc) is 2.51. The van der Waals surface area contributed by atoms with Gasteiger partial charge in [0.2, 0.25) is 0 Å². The summed E-state index contributed by atoms with van der Waals surface area (Å²) in [5, 5.41) is 0. The van der Waals surface area contributed by atoms with Gasteiger partial charge in [-0.2, -0.15) is 0 Å². The molecule has 6 N–H and O–H groups in total. The molecular formula is C6H12O24P6-6. The van der Waals surface area contributed by atoms with E-state index in [2.05, 4.69) is 27.1 Å². The Labute approximate surface area is 197 Å². The molecule has 0 aromatic heterocycles. The minimum Gasteiger partial charge on any atom is -0.756 e. The fourth-order valence-corrected chi connectivity index (χ4v) is 6.05. The summed E-state index contributed by atoms with van der Waals surface area (Å²) in [6, 6.07) is 0. The molecular weight excluding hydrogens is 642 g/mol. The monoisotopic (exact) mass is 654 g/mol. The van der Waals surface area contributed by atoms with Crippen molar-refractivity contribution in [2.45, 2.75) is 36.6 Å². The van der Waals surface area contributed by atoms with Crippen LogP contribution in [0.4, 0.5) is 0 Å². The molecule has 0 radical (unpaired) electrons. The average molecular weight is 654 g/mol. The molecule has 1 rings (SSSR count). The van der Waals surface area contributed by atoms with Gasteiger partial charge in [0, 0.05) is 0 Å². The predicted octanol–water partition coefficient (Wildman–Crippen LogP) is -6.92. The van der Waals surface area contributed by atoms with E-state index in [4.69, 9.17) is 29.4 Å². The highest BCUT2D eigenvalue weighted by molar-refractivity contribution is 7.46. The molecule has 1 fully saturated rings. The third kappa shape index (κ3) is 13.1. The van der Waals surface area contributed by atoms with Crippen LogP contribution < -0.4 is 29.4 Å². The molecule has 1 saturated carbocycles. The molecule has 24 nitrogen and oxygen atoms in total. The van der Waals surface area contributed by atoms with Gasteiger partial charge < -0.3 is 85.9 Å². The van der Waals surface area contributed by atoms with Crippen molar-refractivity contribution in [3.8, 4) is 0 Å². The molecule has 0 spiro atoms. The predicted molar refractivity (Wildman–Crippen MR) is 88.2 cm³/mol. The second-order valence-electron chi connectivity index (χ2n) is 6.23. The quantitative estimate of drug-likeness (QED) is 0.106. The van der Waals surface area contributed by atoms with Crippen molar-refractivity contribution >= 4 is 46.9 Å². The third-order valence-corrected chi connectivity index (χ3v) is 6.53. The summed E-state index contributed by atoms with van der Waals surface area (Å²) >= 11 is 0. The van der Waals surface area contributed by atoms with Crippen LogP contribution in [0, 0.1) is 0 Å². The van der Waals surface area contributed by atoms with Gasteiger partial charge in [-0.1, -0.05) is 0 Å². The Bertz CT molecular complexity index is 818. The van der Waals surface area contributed by atoms with E-state index >= 15 is 0 Å². The molecule has 1 aliphatic carbocycles. The number of phosphoric acid groups is 6. The molecule has 0 saturated heterocycles. The van der Waals surface area contributed by atoms with Crippen molar-refractivity contribution in [2.24, 2.45) is 0 Å². The highest BCUT2D eigenvalue weighted by atomic mass is 31.2. The van der Waals surface area contributed by atoms with E-state index in [-0.39, 0.29) is 0 Å². The largest absolute Gasteiger partial charge is 0.756 e. The number of hydrogen-bond acceptors (Lipinski definition) is 18. The molecule has 30 heteroatoms. The molecule has 36 heavy (non-hydrogen) atoms. The summed E-state index contributed by atoms with van der Waals surface area (Å²) in [4.78, 5) is 121. The van der Waals surface area contributed by atoms with Gasteiger partial charge in [0.15, 0.2) is 0 Å². The van der Waals surface area contributed by atoms with Crippen LogP contribution >= 0.6 is 46.9 Å². The number of rotatable bonds is 12. The van der Waals surface area contributed by atoms with Crippen LogP contribution in [0.1, 0.15) is 0 Å². The van der Waals surface area contributed by atoms with Crippen molar-refractivity contribution in [3.05, 3.63) is 0 Å². The topological polar surface area (TPSA) is 418 Å². The van der Waals surface area contributed by atoms with Crippen LogP contribution in [0.5, 0.6) is 0 Å². The Morgan fingerprint density at radius 1 is 0.333 bits per heavy atom. The zero-order chi connectivity index (χ0) is 28.7. The first-order valence-electron chi connectivity index (χ1n) is 7.90. The summed E-state index contributed by atoms with van der Waals surface area (Å²) in [6.07, 6.45) is -20.2. The normalized spacial score (nSPS) is 37.3. The van der Waals surface area contributed by atoms with Gasteiger partial charge >= 0.3 is 0 Å².